The van der Waals surface area contributed by atoms with Crippen LogP contribution in [0.3, 0.4) is 0 Å². The van der Waals surface area contributed by atoms with E-state index in [1.54, 1.807) is 6.92 Å². The summed E-state index contributed by atoms with van der Waals surface area (Å²) < 4.78 is 28.2. The molecule has 0 spiro atoms. The van der Waals surface area contributed by atoms with Gasteiger partial charge in [-0.2, -0.15) is 0 Å². The Balaban J connectivity index is 2.02. The van der Waals surface area contributed by atoms with Crippen molar-refractivity contribution >= 4 is 21.9 Å². The summed E-state index contributed by atoms with van der Waals surface area (Å²) in [5, 5.41) is 8.02. The minimum atomic E-state index is -3.94. The maximum absolute atomic E-state index is 12.2. The van der Waals surface area contributed by atoms with Crippen molar-refractivity contribution in [3.63, 3.8) is 0 Å². The average Bonchev–Trinajstić information content (AvgIpc) is 2.54. The minimum absolute atomic E-state index is 0.0342. The number of rotatable bonds is 5. The summed E-state index contributed by atoms with van der Waals surface area (Å²) in [6.07, 6.45) is 4.24. The molecule has 0 saturated heterocycles. The highest BCUT2D eigenvalue weighted by molar-refractivity contribution is 7.89. The van der Waals surface area contributed by atoms with Crippen molar-refractivity contribution in [2.45, 2.75) is 63.0 Å². The van der Waals surface area contributed by atoms with E-state index >= 15 is 0 Å². The van der Waals surface area contributed by atoms with Gasteiger partial charge < -0.3 is 10.1 Å². The molecule has 0 heterocycles. The summed E-state index contributed by atoms with van der Waals surface area (Å²) in [5.74, 6) is -1.12. The molecule has 1 amide bonds. The quantitative estimate of drug-likeness (QED) is 0.767. The van der Waals surface area contributed by atoms with Gasteiger partial charge >= 0.3 is 5.97 Å². The lowest BCUT2D eigenvalue weighted by atomic mass is 9.95. The summed E-state index contributed by atoms with van der Waals surface area (Å²) in [6.45, 7) is 3.07. The van der Waals surface area contributed by atoms with Crippen LogP contribution in [0.2, 0.25) is 0 Å². The number of nitrogens with one attached hydrogen (secondary N) is 1. The molecule has 0 aromatic heterocycles. The third-order valence-electron chi connectivity index (χ3n) is 4.33. The van der Waals surface area contributed by atoms with Crippen LogP contribution in [0.4, 0.5) is 0 Å². The van der Waals surface area contributed by atoms with Gasteiger partial charge in [-0.1, -0.05) is 25.3 Å². The van der Waals surface area contributed by atoms with Gasteiger partial charge in [0.2, 0.25) is 10.0 Å². The molecule has 7 nitrogen and oxygen atoms in total. The summed E-state index contributed by atoms with van der Waals surface area (Å²) in [5.41, 5.74) is 0.467. The first kappa shape index (κ1) is 19.4. The normalized spacial score (nSPS) is 16.9. The fraction of sp³-hybridized carbons (Fsp3) is 0.529. The smallest absolute Gasteiger partial charge is 0.338 e. The Labute approximate surface area is 148 Å². The number of aryl methyl sites for hydroxylation is 1. The van der Waals surface area contributed by atoms with Gasteiger partial charge in [0.05, 0.1) is 10.5 Å². The van der Waals surface area contributed by atoms with Gasteiger partial charge in [-0.15, -0.1) is 0 Å². The fourth-order valence-corrected chi connectivity index (χ4v) is 3.69. The Hall–Kier alpha value is -1.93. The summed E-state index contributed by atoms with van der Waals surface area (Å²) >= 11 is 0. The second-order valence-electron chi connectivity index (χ2n) is 6.42. The maximum atomic E-state index is 12.2. The number of carbonyl (C=O) groups is 2. The number of sulfonamides is 1. The van der Waals surface area contributed by atoms with Gasteiger partial charge in [0.15, 0.2) is 6.10 Å². The third kappa shape index (κ3) is 5.27. The number of nitrogens with two attached hydrogens (primary N) is 1. The van der Waals surface area contributed by atoms with E-state index in [9.17, 15) is 18.0 Å². The number of carbonyl (C=O) groups excluding carboxylic acids is 2. The fourth-order valence-electron chi connectivity index (χ4n) is 2.88. The predicted molar refractivity (Wildman–Crippen MR) is 92.4 cm³/mol. The van der Waals surface area contributed by atoms with Crippen LogP contribution in [0.25, 0.3) is 0 Å². The topological polar surface area (TPSA) is 116 Å². The van der Waals surface area contributed by atoms with Crippen LogP contribution in [0, 0.1) is 6.92 Å². The van der Waals surface area contributed by atoms with Crippen LogP contribution in [-0.4, -0.2) is 32.4 Å². The van der Waals surface area contributed by atoms with E-state index in [4.69, 9.17) is 9.88 Å². The zero-order valence-electron chi connectivity index (χ0n) is 14.4. The largest absolute Gasteiger partial charge is 0.449 e. The highest BCUT2D eigenvalue weighted by atomic mass is 32.2. The second kappa shape index (κ2) is 7.97. The summed E-state index contributed by atoms with van der Waals surface area (Å²) in [7, 11) is -3.94. The molecular formula is C17H24N2O5S. The van der Waals surface area contributed by atoms with Crippen LogP contribution in [-0.2, 0) is 19.6 Å². The molecule has 2 rings (SSSR count). The van der Waals surface area contributed by atoms with Crippen molar-refractivity contribution in [2.24, 2.45) is 5.14 Å². The first-order valence-electron chi connectivity index (χ1n) is 8.33. The molecule has 138 valence electrons. The molecule has 1 fully saturated rings. The van der Waals surface area contributed by atoms with Crippen LogP contribution in [0.5, 0.6) is 0 Å². The number of hydrogen-bond donors (Lipinski definition) is 2. The molecule has 3 N–H and O–H groups in total. The van der Waals surface area contributed by atoms with Crippen LogP contribution < -0.4 is 10.5 Å². The molecule has 1 aliphatic carbocycles. The molecule has 1 aromatic carbocycles. The number of hydrogen-bond acceptors (Lipinski definition) is 5. The molecular weight excluding hydrogens is 344 g/mol. The molecule has 25 heavy (non-hydrogen) atoms. The summed E-state index contributed by atoms with van der Waals surface area (Å²) in [6, 6.07) is 4.20. The van der Waals surface area contributed by atoms with Crippen molar-refractivity contribution in [2.75, 3.05) is 0 Å². The second-order valence-corrected chi connectivity index (χ2v) is 7.95. The van der Waals surface area contributed by atoms with Gasteiger partial charge in [-0.25, -0.2) is 18.4 Å². The Morgan fingerprint density at radius 2 is 1.88 bits per heavy atom. The Morgan fingerprint density at radius 3 is 2.48 bits per heavy atom. The van der Waals surface area contributed by atoms with E-state index in [0.717, 1.165) is 25.7 Å². The molecule has 8 heteroatoms. The molecule has 1 aromatic rings. The molecule has 1 unspecified atom stereocenters. The molecule has 0 radical (unpaired) electrons. The van der Waals surface area contributed by atoms with E-state index in [-0.39, 0.29) is 22.4 Å². The predicted octanol–water partition coefficient (Wildman–Crippen LogP) is 1.64. The van der Waals surface area contributed by atoms with Crippen molar-refractivity contribution < 1.29 is 22.7 Å². The Kier molecular flexibility index (Phi) is 6.18. The van der Waals surface area contributed by atoms with E-state index in [2.05, 4.69) is 5.32 Å². The lowest BCUT2D eigenvalue weighted by molar-refractivity contribution is -0.130. The van der Waals surface area contributed by atoms with Gasteiger partial charge in [-0.05, 0) is 44.4 Å². The van der Waals surface area contributed by atoms with E-state index in [1.807, 2.05) is 0 Å². The van der Waals surface area contributed by atoms with Crippen molar-refractivity contribution in [1.82, 2.24) is 5.32 Å². The van der Waals surface area contributed by atoms with E-state index in [0.29, 0.717) is 5.56 Å². The minimum Gasteiger partial charge on any atom is -0.449 e. The standard InChI is InChI=1S/C17H24N2O5S/c1-11-8-9-13(10-15(11)25(18,22)23)17(21)24-12(2)16(20)19-14-6-4-3-5-7-14/h8-10,12,14H,3-7H2,1-2H3,(H,19,20)(H2,18,22,23). The Bertz CT molecular complexity index is 754. The van der Waals surface area contributed by atoms with Gasteiger partial charge in [0, 0.05) is 6.04 Å². The van der Waals surface area contributed by atoms with Crippen LogP contribution >= 0.6 is 0 Å². The Morgan fingerprint density at radius 1 is 1.24 bits per heavy atom. The SMILES string of the molecule is Cc1ccc(C(=O)OC(C)C(=O)NC2CCCCC2)cc1S(N)(=O)=O. The zero-order valence-corrected chi connectivity index (χ0v) is 15.3. The first-order valence-corrected chi connectivity index (χ1v) is 9.88. The van der Waals surface area contributed by atoms with Gasteiger partial charge in [0.25, 0.3) is 5.91 Å². The summed E-state index contributed by atoms with van der Waals surface area (Å²) in [4.78, 5) is 24.2. The maximum Gasteiger partial charge on any atom is 0.338 e. The highest BCUT2D eigenvalue weighted by Gasteiger charge is 2.23. The lowest BCUT2D eigenvalue weighted by Crippen LogP contribution is -2.42. The van der Waals surface area contributed by atoms with E-state index in [1.165, 1.54) is 31.5 Å². The number of ether oxygens (including phenoxy) is 1. The highest BCUT2D eigenvalue weighted by Crippen LogP contribution is 2.18. The molecule has 1 saturated carbocycles. The first-order chi connectivity index (χ1) is 11.7. The van der Waals surface area contributed by atoms with Crippen LogP contribution in [0.1, 0.15) is 54.9 Å². The van der Waals surface area contributed by atoms with Gasteiger partial charge in [-0.3, -0.25) is 4.79 Å². The molecule has 0 bridgehead atoms. The lowest BCUT2D eigenvalue weighted by Gasteiger charge is -2.24. The van der Waals surface area contributed by atoms with E-state index < -0.39 is 22.1 Å². The number of primary sulfonamides is 1. The van der Waals surface area contributed by atoms with Crippen molar-refractivity contribution in [1.29, 1.82) is 0 Å². The average molecular weight is 368 g/mol. The number of esters is 1. The number of amides is 1. The zero-order chi connectivity index (χ0) is 18.6. The molecule has 1 atom stereocenters. The monoisotopic (exact) mass is 368 g/mol. The van der Waals surface area contributed by atoms with Crippen LogP contribution in [0.15, 0.2) is 23.1 Å². The third-order valence-corrected chi connectivity index (χ3v) is 5.39. The molecule has 0 aliphatic heterocycles. The van der Waals surface area contributed by atoms with Crippen molar-refractivity contribution in [3.05, 3.63) is 29.3 Å². The molecule has 1 aliphatic rings. The van der Waals surface area contributed by atoms with Gasteiger partial charge in [0.1, 0.15) is 0 Å². The van der Waals surface area contributed by atoms with Crippen molar-refractivity contribution in [3.8, 4) is 0 Å². The number of benzene rings is 1.